The van der Waals surface area contributed by atoms with Crippen molar-refractivity contribution >= 4 is 17.0 Å². The predicted octanol–water partition coefficient (Wildman–Crippen LogP) is 8.33. The van der Waals surface area contributed by atoms with E-state index in [1.54, 1.807) is 0 Å². The normalized spacial score (nSPS) is 19.1. The fraction of sp³-hybridized carbons (Fsp3) is 1.00. The summed E-state index contributed by atoms with van der Waals surface area (Å²) in [5.74, 6) is 0. The molecule has 0 aromatic heterocycles. The summed E-state index contributed by atoms with van der Waals surface area (Å²) < 4.78 is 5.76. The zero-order chi connectivity index (χ0) is 19.1. The number of rotatable bonds is 19. The van der Waals surface area contributed by atoms with Gasteiger partial charge in [0.05, 0.1) is 6.10 Å². The lowest BCUT2D eigenvalue weighted by atomic mass is 9.95. The molecular formula is C24H50BrNO. The molecule has 0 saturated carbocycles. The fourth-order valence-electron chi connectivity index (χ4n) is 3.94. The first-order valence-corrected chi connectivity index (χ1v) is 12.0. The van der Waals surface area contributed by atoms with Crippen molar-refractivity contribution in [1.29, 1.82) is 0 Å². The molecule has 1 aliphatic heterocycles. The second kappa shape index (κ2) is 17.3. The highest BCUT2D eigenvalue weighted by atomic mass is 79.9. The van der Waals surface area contributed by atoms with E-state index in [9.17, 15) is 0 Å². The summed E-state index contributed by atoms with van der Waals surface area (Å²) >= 11 is 0. The van der Waals surface area contributed by atoms with Crippen LogP contribution in [-0.2, 0) is 4.74 Å². The number of hydrogen-bond acceptors (Lipinski definition) is 2. The second-order valence-corrected chi connectivity index (χ2v) is 9.26. The van der Waals surface area contributed by atoms with E-state index in [2.05, 4.69) is 33.0 Å². The van der Waals surface area contributed by atoms with Gasteiger partial charge in [-0.1, -0.05) is 110 Å². The van der Waals surface area contributed by atoms with E-state index in [1.165, 1.54) is 109 Å². The van der Waals surface area contributed by atoms with E-state index in [4.69, 9.17) is 4.74 Å². The van der Waals surface area contributed by atoms with Crippen LogP contribution in [0.3, 0.4) is 0 Å². The van der Waals surface area contributed by atoms with Gasteiger partial charge in [-0.25, -0.2) is 0 Å². The van der Waals surface area contributed by atoms with Crippen LogP contribution in [-0.4, -0.2) is 17.9 Å². The van der Waals surface area contributed by atoms with Crippen LogP contribution in [0.15, 0.2) is 0 Å². The SMILES string of the molecule is Br.CCCCCCCCCCCCCCCC(C)(C)NC1OC1CCCC. The molecule has 1 saturated heterocycles. The van der Waals surface area contributed by atoms with Crippen molar-refractivity contribution in [2.24, 2.45) is 0 Å². The molecule has 1 fully saturated rings. The fourth-order valence-corrected chi connectivity index (χ4v) is 3.94. The van der Waals surface area contributed by atoms with Gasteiger partial charge in [0.15, 0.2) is 0 Å². The quantitative estimate of drug-likeness (QED) is 0.159. The number of epoxide rings is 1. The van der Waals surface area contributed by atoms with Crippen molar-refractivity contribution < 1.29 is 4.74 Å². The van der Waals surface area contributed by atoms with Crippen LogP contribution < -0.4 is 5.32 Å². The summed E-state index contributed by atoms with van der Waals surface area (Å²) in [5, 5.41) is 3.71. The first-order valence-electron chi connectivity index (χ1n) is 12.0. The Morgan fingerprint density at radius 1 is 0.667 bits per heavy atom. The predicted molar refractivity (Wildman–Crippen MR) is 126 cm³/mol. The van der Waals surface area contributed by atoms with Crippen LogP contribution >= 0.6 is 17.0 Å². The molecule has 0 aromatic rings. The number of nitrogens with one attached hydrogen (secondary N) is 1. The van der Waals surface area contributed by atoms with Crippen molar-refractivity contribution in [3.8, 4) is 0 Å². The molecule has 1 N–H and O–H groups in total. The van der Waals surface area contributed by atoms with Gasteiger partial charge in [0.1, 0.15) is 6.23 Å². The topological polar surface area (TPSA) is 24.6 Å². The molecule has 2 nitrogen and oxygen atoms in total. The number of hydrogen-bond donors (Lipinski definition) is 1. The summed E-state index contributed by atoms with van der Waals surface area (Å²) in [5.41, 5.74) is 0.226. The van der Waals surface area contributed by atoms with E-state index in [0.29, 0.717) is 12.3 Å². The molecule has 0 radical (unpaired) electrons. The van der Waals surface area contributed by atoms with E-state index >= 15 is 0 Å². The summed E-state index contributed by atoms with van der Waals surface area (Å²) in [4.78, 5) is 0. The molecule has 1 heterocycles. The maximum Gasteiger partial charge on any atom is 0.135 e. The third kappa shape index (κ3) is 15.9. The molecule has 164 valence electrons. The molecule has 2 atom stereocenters. The Labute approximate surface area is 181 Å². The maximum atomic E-state index is 5.76. The van der Waals surface area contributed by atoms with Gasteiger partial charge >= 0.3 is 0 Å². The molecule has 0 spiro atoms. The van der Waals surface area contributed by atoms with Gasteiger partial charge in [-0.05, 0) is 26.7 Å². The first kappa shape index (κ1) is 27.4. The van der Waals surface area contributed by atoms with Gasteiger partial charge < -0.3 is 4.74 Å². The van der Waals surface area contributed by atoms with E-state index in [0.717, 1.165) is 0 Å². The van der Waals surface area contributed by atoms with Gasteiger partial charge in [0.25, 0.3) is 0 Å². The van der Waals surface area contributed by atoms with Crippen molar-refractivity contribution in [3.05, 3.63) is 0 Å². The van der Waals surface area contributed by atoms with E-state index in [1.807, 2.05) is 0 Å². The number of unbranched alkanes of at least 4 members (excludes halogenated alkanes) is 13. The molecule has 0 aliphatic carbocycles. The Hall–Kier alpha value is 0.400. The monoisotopic (exact) mass is 447 g/mol. The second-order valence-electron chi connectivity index (χ2n) is 9.26. The largest absolute Gasteiger partial charge is 0.353 e. The maximum absolute atomic E-state index is 5.76. The Morgan fingerprint density at radius 3 is 1.59 bits per heavy atom. The number of halogens is 1. The van der Waals surface area contributed by atoms with Crippen molar-refractivity contribution in [2.45, 2.75) is 155 Å². The third-order valence-corrected chi connectivity index (χ3v) is 5.86. The van der Waals surface area contributed by atoms with Crippen LogP contribution in [0.1, 0.15) is 137 Å². The van der Waals surface area contributed by atoms with Crippen LogP contribution in [0.5, 0.6) is 0 Å². The molecule has 3 heteroatoms. The number of ether oxygens (including phenoxy) is 1. The van der Waals surface area contributed by atoms with Crippen molar-refractivity contribution in [1.82, 2.24) is 5.32 Å². The first-order chi connectivity index (χ1) is 12.6. The van der Waals surface area contributed by atoms with Gasteiger partial charge in [-0.15, -0.1) is 17.0 Å². The Kier molecular flexibility index (Phi) is 17.5. The molecule has 0 amide bonds. The molecule has 2 unspecified atom stereocenters. The Morgan fingerprint density at radius 2 is 1.11 bits per heavy atom. The molecule has 27 heavy (non-hydrogen) atoms. The Bertz CT molecular complexity index is 322. The molecule has 1 rings (SSSR count). The van der Waals surface area contributed by atoms with Crippen LogP contribution in [0.2, 0.25) is 0 Å². The summed E-state index contributed by atoms with van der Waals surface area (Å²) in [6, 6.07) is 0. The van der Waals surface area contributed by atoms with Crippen LogP contribution in [0.4, 0.5) is 0 Å². The highest BCUT2D eigenvalue weighted by Gasteiger charge is 2.40. The van der Waals surface area contributed by atoms with Crippen LogP contribution in [0.25, 0.3) is 0 Å². The van der Waals surface area contributed by atoms with E-state index < -0.39 is 0 Å². The van der Waals surface area contributed by atoms with Gasteiger partial charge in [0.2, 0.25) is 0 Å². The highest BCUT2D eigenvalue weighted by Crippen LogP contribution is 2.28. The summed E-state index contributed by atoms with van der Waals surface area (Å²) in [6.07, 6.45) is 24.5. The highest BCUT2D eigenvalue weighted by molar-refractivity contribution is 8.93. The lowest BCUT2D eigenvalue weighted by molar-refractivity contribution is 0.267. The summed E-state index contributed by atoms with van der Waals surface area (Å²) in [6.45, 7) is 9.23. The molecular weight excluding hydrogens is 398 g/mol. The van der Waals surface area contributed by atoms with Gasteiger partial charge in [-0.3, -0.25) is 5.32 Å². The third-order valence-electron chi connectivity index (χ3n) is 5.86. The Balaban J connectivity index is 0.00000676. The van der Waals surface area contributed by atoms with Crippen molar-refractivity contribution in [3.63, 3.8) is 0 Å². The zero-order valence-corrected chi connectivity index (χ0v) is 20.7. The molecule has 0 aromatic carbocycles. The minimum Gasteiger partial charge on any atom is -0.353 e. The standard InChI is InChI=1S/C24H49NO.BrH/c1-5-7-9-10-11-12-13-14-15-16-17-18-19-21-24(3,4)25-23-22(26-23)20-8-6-2;/h22-23,25H,5-21H2,1-4H3;1H. The molecule has 0 bridgehead atoms. The smallest absolute Gasteiger partial charge is 0.135 e. The summed E-state index contributed by atoms with van der Waals surface area (Å²) in [7, 11) is 0. The van der Waals surface area contributed by atoms with Crippen molar-refractivity contribution in [2.75, 3.05) is 0 Å². The molecule has 1 aliphatic rings. The van der Waals surface area contributed by atoms with Gasteiger partial charge in [-0.2, -0.15) is 0 Å². The van der Waals surface area contributed by atoms with Crippen LogP contribution in [0, 0.1) is 0 Å². The minimum atomic E-state index is 0. The lowest BCUT2D eigenvalue weighted by Gasteiger charge is -2.25. The zero-order valence-electron chi connectivity index (χ0n) is 19.0. The lowest BCUT2D eigenvalue weighted by Crippen LogP contribution is -2.41. The van der Waals surface area contributed by atoms with E-state index in [-0.39, 0.29) is 22.5 Å². The average Bonchev–Trinajstić information content (AvgIpc) is 3.34. The average molecular weight is 449 g/mol. The van der Waals surface area contributed by atoms with Gasteiger partial charge in [0, 0.05) is 5.54 Å². The minimum absolute atomic E-state index is 0.